The molecule has 1 unspecified atom stereocenters. The number of nitrogens with zero attached hydrogens (tertiary/aromatic N) is 2. The smallest absolute Gasteiger partial charge is 0.265 e. The molecule has 0 aromatic heterocycles. The molecule has 0 fully saturated rings. The summed E-state index contributed by atoms with van der Waals surface area (Å²) in [5, 5.41) is 9.92. The van der Waals surface area contributed by atoms with Crippen molar-refractivity contribution in [3.63, 3.8) is 0 Å². The molecular formula is C20H19BrN2O5S. The first kappa shape index (κ1) is 21.0. The Balaban J connectivity index is 2.25. The van der Waals surface area contributed by atoms with Gasteiger partial charge in [0.05, 0.1) is 36.8 Å². The Morgan fingerprint density at radius 3 is 2.14 bits per heavy atom. The van der Waals surface area contributed by atoms with E-state index in [1.54, 1.807) is 18.2 Å². The number of benzene rings is 2. The molecule has 0 amide bonds. The van der Waals surface area contributed by atoms with Crippen LogP contribution in [0.15, 0.2) is 39.8 Å². The van der Waals surface area contributed by atoms with E-state index in [-0.39, 0.29) is 4.90 Å². The molecule has 0 aliphatic carbocycles. The highest BCUT2D eigenvalue weighted by Gasteiger charge is 2.38. The predicted octanol–water partition coefficient (Wildman–Crippen LogP) is 4.02. The molecule has 1 aliphatic heterocycles. The SMILES string of the molecule is COc1c(Br)c2c(c(OC)c1OC)C=CN(S(=O)(=O)c1ccc(C)cc1)C2C#N. The number of ether oxygens (including phenoxy) is 3. The number of halogens is 1. The molecule has 0 bridgehead atoms. The maximum atomic E-state index is 13.2. The van der Waals surface area contributed by atoms with Crippen LogP contribution < -0.4 is 14.2 Å². The van der Waals surface area contributed by atoms with Crippen LogP contribution >= 0.6 is 15.9 Å². The predicted molar refractivity (Wildman–Crippen MR) is 111 cm³/mol. The maximum absolute atomic E-state index is 13.2. The zero-order valence-electron chi connectivity index (χ0n) is 16.3. The largest absolute Gasteiger partial charge is 0.492 e. The van der Waals surface area contributed by atoms with Crippen LogP contribution in [0.2, 0.25) is 0 Å². The van der Waals surface area contributed by atoms with E-state index in [4.69, 9.17) is 14.2 Å². The van der Waals surface area contributed by atoms with Gasteiger partial charge in [-0.05, 0) is 41.1 Å². The van der Waals surface area contributed by atoms with Gasteiger partial charge in [-0.25, -0.2) is 8.42 Å². The van der Waals surface area contributed by atoms with E-state index >= 15 is 0 Å². The Morgan fingerprint density at radius 1 is 1.03 bits per heavy atom. The minimum Gasteiger partial charge on any atom is -0.492 e. The van der Waals surface area contributed by atoms with Crippen molar-refractivity contribution in [1.82, 2.24) is 4.31 Å². The number of nitriles is 1. The molecular weight excluding hydrogens is 460 g/mol. The first-order valence-electron chi connectivity index (χ1n) is 8.51. The number of hydrogen-bond donors (Lipinski definition) is 0. The summed E-state index contributed by atoms with van der Waals surface area (Å²) in [4.78, 5) is 0.0972. The van der Waals surface area contributed by atoms with Crippen LogP contribution in [0.4, 0.5) is 0 Å². The Kier molecular flexibility index (Phi) is 5.78. The van der Waals surface area contributed by atoms with E-state index in [1.807, 2.05) is 6.92 Å². The van der Waals surface area contributed by atoms with Gasteiger partial charge in [0, 0.05) is 17.3 Å². The van der Waals surface area contributed by atoms with Crippen molar-refractivity contribution in [2.45, 2.75) is 17.9 Å². The average Bonchev–Trinajstić information content (AvgIpc) is 2.72. The summed E-state index contributed by atoms with van der Waals surface area (Å²) in [5.74, 6) is 1.01. The third-order valence-corrected chi connectivity index (χ3v) is 7.17. The second-order valence-corrected chi connectivity index (χ2v) is 8.87. The van der Waals surface area contributed by atoms with Crippen LogP contribution in [0.1, 0.15) is 22.7 Å². The summed E-state index contributed by atoms with van der Waals surface area (Å²) in [7, 11) is 0.432. The second kappa shape index (κ2) is 7.97. The zero-order valence-corrected chi connectivity index (χ0v) is 18.7. The fourth-order valence-electron chi connectivity index (χ4n) is 3.22. The molecule has 3 rings (SSSR count). The van der Waals surface area contributed by atoms with E-state index in [2.05, 4.69) is 22.0 Å². The normalized spacial score (nSPS) is 15.4. The van der Waals surface area contributed by atoms with Crippen molar-refractivity contribution >= 4 is 32.0 Å². The molecule has 1 aliphatic rings. The van der Waals surface area contributed by atoms with Crippen molar-refractivity contribution < 1.29 is 22.6 Å². The van der Waals surface area contributed by atoms with Gasteiger partial charge in [0.1, 0.15) is 0 Å². The summed E-state index contributed by atoms with van der Waals surface area (Å²) >= 11 is 3.46. The van der Waals surface area contributed by atoms with Crippen molar-refractivity contribution in [3.05, 3.63) is 51.6 Å². The third kappa shape index (κ3) is 3.32. The Labute approximate surface area is 178 Å². The summed E-state index contributed by atoms with van der Waals surface area (Å²) < 4.78 is 44.3. The molecule has 1 atom stereocenters. The van der Waals surface area contributed by atoms with Gasteiger partial charge < -0.3 is 14.2 Å². The number of fused-ring (bicyclic) bond motifs is 1. The lowest BCUT2D eigenvalue weighted by Gasteiger charge is -2.32. The summed E-state index contributed by atoms with van der Waals surface area (Å²) in [6.45, 7) is 1.87. The highest BCUT2D eigenvalue weighted by atomic mass is 79.9. The number of rotatable bonds is 5. The van der Waals surface area contributed by atoms with Gasteiger partial charge in [-0.15, -0.1) is 0 Å². The Bertz CT molecular complexity index is 1120. The van der Waals surface area contributed by atoms with E-state index in [1.165, 1.54) is 39.7 Å². The third-order valence-electron chi connectivity index (χ3n) is 4.63. The van der Waals surface area contributed by atoms with Gasteiger partial charge in [-0.2, -0.15) is 5.26 Å². The van der Waals surface area contributed by atoms with Gasteiger partial charge in [0.2, 0.25) is 5.75 Å². The lowest BCUT2D eigenvalue weighted by molar-refractivity contribution is 0.320. The van der Waals surface area contributed by atoms with Crippen LogP contribution in [-0.4, -0.2) is 34.1 Å². The van der Waals surface area contributed by atoms with Crippen LogP contribution in [0.5, 0.6) is 17.2 Å². The van der Waals surface area contributed by atoms with Gasteiger partial charge in [0.25, 0.3) is 10.0 Å². The molecule has 0 saturated heterocycles. The van der Waals surface area contributed by atoms with Crippen molar-refractivity contribution in [2.24, 2.45) is 0 Å². The first-order chi connectivity index (χ1) is 13.8. The quantitative estimate of drug-likeness (QED) is 0.644. The summed E-state index contributed by atoms with van der Waals surface area (Å²) in [5.41, 5.74) is 1.89. The molecule has 0 radical (unpaired) electrons. The number of hydrogen-bond acceptors (Lipinski definition) is 6. The molecule has 2 aromatic rings. The van der Waals surface area contributed by atoms with E-state index in [0.29, 0.717) is 32.8 Å². The fourth-order valence-corrected chi connectivity index (χ4v) is 5.37. The molecule has 29 heavy (non-hydrogen) atoms. The van der Waals surface area contributed by atoms with Crippen molar-refractivity contribution in [3.8, 4) is 23.3 Å². The standard InChI is InChI=1S/C20H19BrN2O5S/c1-12-5-7-13(8-6-12)29(24,25)23-10-9-14-16(15(23)11-22)17(21)19(27-3)20(28-4)18(14)26-2/h5-10,15H,1-4H3. The molecule has 0 spiro atoms. The molecule has 1 heterocycles. The zero-order chi connectivity index (χ0) is 21.3. The molecule has 2 aromatic carbocycles. The minimum absolute atomic E-state index is 0.0972. The fraction of sp³-hybridized carbons (Fsp3) is 0.250. The summed E-state index contributed by atoms with van der Waals surface area (Å²) in [6.07, 6.45) is 2.95. The molecule has 152 valence electrons. The number of methoxy groups -OCH3 is 3. The number of sulfonamides is 1. The van der Waals surface area contributed by atoms with Crippen molar-refractivity contribution in [1.29, 1.82) is 5.26 Å². The van der Waals surface area contributed by atoms with Gasteiger partial charge in [0.15, 0.2) is 17.5 Å². The van der Waals surface area contributed by atoms with Gasteiger partial charge in [-0.1, -0.05) is 17.7 Å². The highest BCUT2D eigenvalue weighted by Crippen LogP contribution is 2.52. The van der Waals surface area contributed by atoms with Gasteiger partial charge in [-0.3, -0.25) is 4.31 Å². The lowest BCUT2D eigenvalue weighted by atomic mass is 9.96. The maximum Gasteiger partial charge on any atom is 0.265 e. The van der Waals surface area contributed by atoms with Gasteiger partial charge >= 0.3 is 0 Å². The summed E-state index contributed by atoms with van der Waals surface area (Å²) in [6, 6.07) is 7.42. The van der Waals surface area contributed by atoms with Crippen LogP contribution in [0.25, 0.3) is 6.08 Å². The first-order valence-corrected chi connectivity index (χ1v) is 10.7. The topological polar surface area (TPSA) is 88.9 Å². The van der Waals surface area contributed by atoms with Crippen LogP contribution in [0.3, 0.4) is 0 Å². The molecule has 0 saturated carbocycles. The Hall–Kier alpha value is -2.70. The van der Waals surface area contributed by atoms with E-state index in [9.17, 15) is 13.7 Å². The second-order valence-electron chi connectivity index (χ2n) is 6.24. The van der Waals surface area contributed by atoms with Crippen LogP contribution in [0, 0.1) is 18.3 Å². The molecule has 0 N–H and O–H groups in total. The van der Waals surface area contributed by atoms with Crippen LogP contribution in [-0.2, 0) is 10.0 Å². The molecule has 7 nitrogen and oxygen atoms in total. The lowest BCUT2D eigenvalue weighted by Crippen LogP contribution is -2.32. The number of aryl methyl sites for hydroxylation is 1. The Morgan fingerprint density at radius 2 is 1.62 bits per heavy atom. The van der Waals surface area contributed by atoms with E-state index in [0.717, 1.165) is 9.87 Å². The monoisotopic (exact) mass is 478 g/mol. The molecule has 9 heteroatoms. The van der Waals surface area contributed by atoms with E-state index < -0.39 is 16.1 Å². The minimum atomic E-state index is -3.96. The van der Waals surface area contributed by atoms with Crippen molar-refractivity contribution in [2.75, 3.05) is 21.3 Å². The average molecular weight is 479 g/mol. The highest BCUT2D eigenvalue weighted by molar-refractivity contribution is 9.10.